The van der Waals surface area contributed by atoms with E-state index in [9.17, 15) is 0 Å². The number of hydrogen-bond donors (Lipinski definition) is 0. The molecule has 0 unspecified atom stereocenters. The Labute approximate surface area is 398 Å². The van der Waals surface area contributed by atoms with Gasteiger partial charge in [-0.3, -0.25) is 12.2 Å². The predicted molar refractivity (Wildman–Crippen MR) is 257 cm³/mol. The van der Waals surface area contributed by atoms with E-state index < -0.39 is 0 Å². The first-order valence-corrected chi connectivity index (χ1v) is 23.4. The van der Waals surface area contributed by atoms with Crippen molar-refractivity contribution in [2.24, 2.45) is 11.8 Å². The number of allylic oxidation sites excluding steroid dienone is 8. The zero-order valence-corrected chi connectivity index (χ0v) is 41.7. The largest absolute Gasteiger partial charge is 1.00 e. The summed E-state index contributed by atoms with van der Waals surface area (Å²) in [6.45, 7) is 13.1. The van der Waals surface area contributed by atoms with E-state index in [-0.39, 0.29) is 9.41 Å². The molecule has 0 N–H and O–H groups in total. The number of fused-ring (bicyclic) bond motifs is 6. The molecule has 0 fully saturated rings. The fraction of sp³-hybridized carbons (Fsp3) is 0.172. The van der Waals surface area contributed by atoms with Crippen molar-refractivity contribution in [2.75, 3.05) is 0 Å². The van der Waals surface area contributed by atoms with Gasteiger partial charge >= 0.3 is 141 Å². The van der Waals surface area contributed by atoms with Crippen LogP contribution in [0, 0.1) is 24.0 Å². The van der Waals surface area contributed by atoms with Gasteiger partial charge < -0.3 is 9.41 Å². The van der Waals surface area contributed by atoms with Gasteiger partial charge in [0.15, 0.2) is 0 Å². The minimum absolute atomic E-state index is 0. The summed E-state index contributed by atoms with van der Waals surface area (Å²) in [6, 6.07) is 59.5. The predicted octanol–water partition coefficient (Wildman–Crippen LogP) is 9.64. The van der Waals surface area contributed by atoms with Crippen LogP contribution in [0.2, 0.25) is 0 Å². The maximum Gasteiger partial charge on any atom is -0.0771 e. The summed E-state index contributed by atoms with van der Waals surface area (Å²) < 4.78 is 2.92. The molecule has 0 nitrogen and oxygen atoms in total. The van der Waals surface area contributed by atoms with Crippen LogP contribution in [0.4, 0.5) is 0 Å². The summed E-state index contributed by atoms with van der Waals surface area (Å²) >= 11 is 3.01. The molecule has 8 aromatic carbocycles. The Balaban J connectivity index is 0.000000200. The van der Waals surface area contributed by atoms with Crippen LogP contribution in [-0.2, 0) is 48.5 Å². The standard InChI is InChI=1S/2C13H9.2C8H11.2C8H8.2FH.2Zr/c2*1-3-7-12-10(5-1)9-11-6-2-4-8-13(11)12;2*1-7(2)8-5-3-4-6-8;2*1-2-8-6-4-3-5-7-8;;;;/h2*1-9H;2*5-7H,3H2,1-2H3;2*3-7H,1H3;2*1H;;/q4*-1;;;;;2*+2/p-2. The summed E-state index contributed by atoms with van der Waals surface area (Å²) in [5.74, 6) is 1.37. The van der Waals surface area contributed by atoms with Gasteiger partial charge in [-0.05, 0) is 0 Å². The molecule has 0 atom stereocenters. The molecule has 312 valence electrons. The van der Waals surface area contributed by atoms with E-state index in [1.165, 1.54) is 120 Å². The molecule has 0 spiro atoms. The zero-order chi connectivity index (χ0) is 42.7. The number of rotatable bonds is 4. The van der Waals surface area contributed by atoms with Crippen molar-refractivity contribution in [1.29, 1.82) is 0 Å². The Morgan fingerprint density at radius 1 is 0.419 bits per heavy atom. The van der Waals surface area contributed by atoms with Crippen LogP contribution in [0.15, 0.2) is 205 Å². The fourth-order valence-electron chi connectivity index (χ4n) is 6.81. The number of halogens is 2. The first-order valence-electron chi connectivity index (χ1n) is 20.9. The van der Waals surface area contributed by atoms with Crippen molar-refractivity contribution >= 4 is 49.5 Å². The Kier molecular flexibility index (Phi) is 22.9. The average Bonchev–Trinajstić information content (AvgIpc) is 4.12. The molecule has 0 bridgehead atoms. The molecule has 0 aliphatic heterocycles. The summed E-state index contributed by atoms with van der Waals surface area (Å²) in [4.78, 5) is 0. The van der Waals surface area contributed by atoms with Gasteiger partial charge in [0.25, 0.3) is 0 Å². The van der Waals surface area contributed by atoms with Gasteiger partial charge in [-0.1, -0.05) is 112 Å². The second-order valence-corrected chi connectivity index (χ2v) is 19.1. The number of hydrogen-bond acceptors (Lipinski definition) is 0. The van der Waals surface area contributed by atoms with E-state index >= 15 is 0 Å². The van der Waals surface area contributed by atoms with Gasteiger partial charge in [0.05, 0.1) is 0 Å². The van der Waals surface area contributed by atoms with Gasteiger partial charge in [-0.2, -0.15) is 23.3 Å². The SMILES string of the molecule is CC(C)C1=CC[C-]=C1.CC(C)C1=CC[C-]=C1.C[C](=[Zr+2])c1ccccc1.C[C](=[Zr+2])c1ccccc1.[F-].[F-].c1ccc2c(c1)[cH-]c1ccccc12.c1ccc2c(c1)[cH-]c1ccccc12. The monoisotopic (exact) mass is 970 g/mol. The third-order valence-corrected chi connectivity index (χ3v) is 11.7. The molecule has 0 saturated heterocycles. The van der Waals surface area contributed by atoms with Gasteiger partial charge in [-0.25, -0.2) is 12.2 Å². The smallest absolute Gasteiger partial charge is 0.0771 e. The van der Waals surface area contributed by atoms with Crippen LogP contribution in [0.1, 0.15) is 65.5 Å². The second kappa shape index (κ2) is 27.4. The van der Waals surface area contributed by atoms with Crippen molar-refractivity contribution in [3.63, 3.8) is 0 Å². The van der Waals surface area contributed by atoms with Crippen molar-refractivity contribution in [3.05, 3.63) is 229 Å². The van der Waals surface area contributed by atoms with E-state index in [4.69, 9.17) is 0 Å². The molecule has 8 aromatic rings. The summed E-state index contributed by atoms with van der Waals surface area (Å²) in [6.07, 6.45) is 16.9. The van der Waals surface area contributed by atoms with E-state index in [0.717, 1.165) is 12.8 Å². The van der Waals surface area contributed by atoms with Gasteiger partial charge in [0.2, 0.25) is 0 Å². The molecule has 0 saturated carbocycles. The maximum absolute atomic E-state index is 3.14. The molecule has 2 aliphatic carbocycles. The van der Waals surface area contributed by atoms with Crippen LogP contribution in [0.25, 0.3) is 43.1 Å². The minimum atomic E-state index is 0. The molecule has 0 heterocycles. The van der Waals surface area contributed by atoms with Gasteiger partial charge in [0, 0.05) is 0 Å². The third-order valence-electron chi connectivity index (χ3n) is 10.2. The zero-order valence-electron chi connectivity index (χ0n) is 36.8. The van der Waals surface area contributed by atoms with Crippen LogP contribution in [0.5, 0.6) is 0 Å². The van der Waals surface area contributed by atoms with Crippen molar-refractivity contribution in [1.82, 2.24) is 0 Å². The van der Waals surface area contributed by atoms with Crippen molar-refractivity contribution in [2.45, 2.75) is 54.4 Å². The van der Waals surface area contributed by atoms with Crippen molar-refractivity contribution < 1.29 is 57.9 Å². The first-order chi connectivity index (χ1) is 29.1. The molecule has 0 radical (unpaired) electrons. The Bertz CT molecular complexity index is 2410. The van der Waals surface area contributed by atoms with Gasteiger partial charge in [-0.15, -0.1) is 92.3 Å². The van der Waals surface area contributed by atoms with E-state index in [0.29, 0.717) is 11.8 Å². The quantitative estimate of drug-likeness (QED) is 0.154. The van der Waals surface area contributed by atoms with Crippen LogP contribution in [0.3, 0.4) is 0 Å². The topological polar surface area (TPSA) is 0 Å². The molecule has 0 aromatic heterocycles. The molecule has 0 amide bonds. The second-order valence-electron chi connectivity index (χ2n) is 15.4. The van der Waals surface area contributed by atoms with Gasteiger partial charge in [0.1, 0.15) is 0 Å². The fourth-order valence-corrected chi connectivity index (χ4v) is 7.63. The summed E-state index contributed by atoms with van der Waals surface area (Å²) in [5.41, 5.74) is 5.61. The summed E-state index contributed by atoms with van der Waals surface area (Å²) in [7, 11) is 0. The minimum Gasteiger partial charge on any atom is -1.00 e. The van der Waals surface area contributed by atoms with Crippen LogP contribution in [-0.4, -0.2) is 6.41 Å². The molecular weight excluding hydrogens is 917 g/mol. The Morgan fingerprint density at radius 2 is 0.677 bits per heavy atom. The van der Waals surface area contributed by atoms with Crippen LogP contribution < -0.4 is 9.41 Å². The Hall–Kier alpha value is -4.61. The number of benzene rings is 6. The summed E-state index contributed by atoms with van der Waals surface area (Å²) in [5, 5.41) is 10.8. The van der Waals surface area contributed by atoms with E-state index in [1.807, 2.05) is 12.1 Å². The Morgan fingerprint density at radius 3 is 0.871 bits per heavy atom. The maximum atomic E-state index is 3.14. The molecule has 10 rings (SSSR count). The van der Waals surface area contributed by atoms with Crippen molar-refractivity contribution in [3.8, 4) is 0 Å². The average molecular weight is 974 g/mol. The first kappa shape index (κ1) is 51.7. The third kappa shape index (κ3) is 15.9. The van der Waals surface area contributed by atoms with E-state index in [2.05, 4.69) is 236 Å². The normalized spacial score (nSPS) is 11.9. The molecule has 4 heteroatoms. The van der Waals surface area contributed by atoms with Crippen LogP contribution >= 0.6 is 0 Å². The molecule has 2 aliphatic rings. The molecular formula is C58H56F2Zr2-2. The van der Waals surface area contributed by atoms with E-state index in [1.54, 1.807) is 0 Å². The molecule has 62 heavy (non-hydrogen) atoms.